The summed E-state index contributed by atoms with van der Waals surface area (Å²) in [5.74, 6) is -0.182. The first kappa shape index (κ1) is 14.5. The van der Waals surface area contributed by atoms with Gasteiger partial charge in [-0.25, -0.2) is 4.98 Å². The van der Waals surface area contributed by atoms with E-state index in [0.29, 0.717) is 19.4 Å². The molecule has 7 heteroatoms. The molecule has 2 heterocycles. The summed E-state index contributed by atoms with van der Waals surface area (Å²) in [7, 11) is 1.88. The Morgan fingerprint density at radius 3 is 3.00 bits per heavy atom. The highest BCUT2D eigenvalue weighted by Crippen LogP contribution is 2.23. The van der Waals surface area contributed by atoms with Crippen molar-refractivity contribution in [1.82, 2.24) is 14.8 Å². The molecule has 6 nitrogen and oxygen atoms in total. The Bertz CT molecular complexity index is 591. The molecule has 0 radical (unpaired) electrons. The normalized spacial score (nSPS) is 10.6. The van der Waals surface area contributed by atoms with Crippen molar-refractivity contribution in [2.75, 3.05) is 11.9 Å². The zero-order chi connectivity index (χ0) is 14.5. The third-order valence-electron chi connectivity index (χ3n) is 2.70. The van der Waals surface area contributed by atoms with Crippen LogP contribution in [0.3, 0.4) is 0 Å². The van der Waals surface area contributed by atoms with Crippen molar-refractivity contribution in [3.63, 3.8) is 0 Å². The number of aromatic nitrogens is 3. The summed E-state index contributed by atoms with van der Waals surface area (Å²) >= 11 is 1.52. The number of nitrogens with zero attached hydrogens (tertiary/aromatic N) is 3. The van der Waals surface area contributed by atoms with Gasteiger partial charge in [-0.1, -0.05) is 0 Å². The molecule has 0 bridgehead atoms. The predicted molar refractivity (Wildman–Crippen MR) is 78.3 cm³/mol. The third kappa shape index (κ3) is 3.80. The van der Waals surface area contributed by atoms with Gasteiger partial charge in [0.2, 0.25) is 0 Å². The van der Waals surface area contributed by atoms with Crippen molar-refractivity contribution < 1.29 is 9.53 Å². The third-order valence-corrected chi connectivity index (χ3v) is 3.50. The molecule has 2 aromatic rings. The Morgan fingerprint density at radius 1 is 1.55 bits per heavy atom. The lowest BCUT2D eigenvalue weighted by Gasteiger charge is -2.00. The lowest BCUT2D eigenvalue weighted by molar-refractivity contribution is -0.143. The van der Waals surface area contributed by atoms with Crippen molar-refractivity contribution in [3.05, 3.63) is 23.0 Å². The van der Waals surface area contributed by atoms with Gasteiger partial charge in [-0.05, 0) is 13.8 Å². The number of esters is 1. The molecule has 20 heavy (non-hydrogen) atoms. The van der Waals surface area contributed by atoms with E-state index in [1.54, 1.807) is 11.6 Å². The Morgan fingerprint density at radius 2 is 2.35 bits per heavy atom. The number of aryl methyl sites for hydroxylation is 3. The highest BCUT2D eigenvalue weighted by Gasteiger charge is 2.08. The molecule has 0 aliphatic carbocycles. The molecule has 0 aliphatic rings. The number of carbonyl (C=O) groups is 1. The largest absolute Gasteiger partial charge is 0.466 e. The van der Waals surface area contributed by atoms with Gasteiger partial charge in [-0.2, -0.15) is 5.10 Å². The van der Waals surface area contributed by atoms with E-state index >= 15 is 0 Å². The second-order valence-electron chi connectivity index (χ2n) is 4.38. The lowest BCUT2D eigenvalue weighted by Crippen LogP contribution is -2.05. The van der Waals surface area contributed by atoms with E-state index in [-0.39, 0.29) is 5.97 Å². The number of hydrogen-bond donors (Lipinski definition) is 1. The second-order valence-corrected chi connectivity index (χ2v) is 5.23. The van der Waals surface area contributed by atoms with E-state index in [9.17, 15) is 4.79 Å². The van der Waals surface area contributed by atoms with Crippen LogP contribution in [0.25, 0.3) is 0 Å². The van der Waals surface area contributed by atoms with E-state index in [4.69, 9.17) is 4.74 Å². The van der Waals surface area contributed by atoms with Crippen LogP contribution in [-0.2, 0) is 23.0 Å². The van der Waals surface area contributed by atoms with Gasteiger partial charge in [0.15, 0.2) is 5.13 Å². The number of anilines is 2. The zero-order valence-corrected chi connectivity index (χ0v) is 12.7. The summed E-state index contributed by atoms with van der Waals surface area (Å²) in [5, 5.41) is 10.3. The standard InChI is InChI=1S/C13H18N4O2S/c1-4-19-12(18)6-5-10-8-20-13(14-10)15-11-7-17(3)16-9(11)2/h7-8H,4-6H2,1-3H3,(H,14,15). The molecule has 1 N–H and O–H groups in total. The van der Waals surface area contributed by atoms with Crippen LogP contribution in [0.4, 0.5) is 10.8 Å². The van der Waals surface area contributed by atoms with Gasteiger partial charge < -0.3 is 10.1 Å². The lowest BCUT2D eigenvalue weighted by atomic mass is 10.2. The number of hydrogen-bond acceptors (Lipinski definition) is 6. The topological polar surface area (TPSA) is 69.0 Å². The predicted octanol–water partition coefficient (Wildman–Crippen LogP) is 2.42. The minimum absolute atomic E-state index is 0.182. The van der Waals surface area contributed by atoms with Crippen LogP contribution in [0.1, 0.15) is 24.7 Å². The van der Waals surface area contributed by atoms with Crippen LogP contribution in [0.5, 0.6) is 0 Å². The fourth-order valence-electron chi connectivity index (χ4n) is 1.78. The number of rotatable bonds is 6. The summed E-state index contributed by atoms with van der Waals surface area (Å²) < 4.78 is 6.65. The Balaban J connectivity index is 1.92. The van der Waals surface area contributed by atoms with Gasteiger partial charge >= 0.3 is 5.97 Å². The molecule has 0 aliphatic heterocycles. The van der Waals surface area contributed by atoms with Crippen LogP contribution in [0.2, 0.25) is 0 Å². The van der Waals surface area contributed by atoms with Gasteiger partial charge in [0.25, 0.3) is 0 Å². The molecule has 0 unspecified atom stereocenters. The number of nitrogens with one attached hydrogen (secondary N) is 1. The smallest absolute Gasteiger partial charge is 0.306 e. The second kappa shape index (κ2) is 6.51. The summed E-state index contributed by atoms with van der Waals surface area (Å²) in [6.45, 7) is 4.17. The molecule has 0 fully saturated rings. The molecule has 2 rings (SSSR count). The molecule has 0 saturated carbocycles. The maximum atomic E-state index is 11.3. The molecule has 0 atom stereocenters. The summed E-state index contributed by atoms with van der Waals surface area (Å²) in [6, 6.07) is 0. The van der Waals surface area contributed by atoms with Crippen molar-refractivity contribution in [3.8, 4) is 0 Å². The van der Waals surface area contributed by atoms with Gasteiger partial charge in [0.1, 0.15) is 0 Å². The van der Waals surface area contributed by atoms with Crippen LogP contribution in [-0.4, -0.2) is 27.3 Å². The minimum Gasteiger partial charge on any atom is -0.466 e. The van der Waals surface area contributed by atoms with Crippen molar-refractivity contribution in [1.29, 1.82) is 0 Å². The van der Waals surface area contributed by atoms with Gasteiger partial charge in [0, 0.05) is 25.0 Å². The highest BCUT2D eigenvalue weighted by atomic mass is 32.1. The zero-order valence-electron chi connectivity index (χ0n) is 11.8. The van der Waals surface area contributed by atoms with E-state index in [1.807, 2.05) is 25.5 Å². The van der Waals surface area contributed by atoms with Gasteiger partial charge in [-0.15, -0.1) is 11.3 Å². The van der Waals surface area contributed by atoms with E-state index in [2.05, 4.69) is 15.4 Å². The van der Waals surface area contributed by atoms with Gasteiger partial charge in [-0.3, -0.25) is 9.48 Å². The van der Waals surface area contributed by atoms with Crippen LogP contribution in [0.15, 0.2) is 11.6 Å². The molecular weight excluding hydrogens is 276 g/mol. The Hall–Kier alpha value is -1.89. The Kier molecular flexibility index (Phi) is 4.73. The van der Waals surface area contributed by atoms with Crippen molar-refractivity contribution >= 4 is 28.1 Å². The average molecular weight is 294 g/mol. The summed E-state index contributed by atoms with van der Waals surface area (Å²) in [5.41, 5.74) is 2.77. The maximum absolute atomic E-state index is 11.3. The maximum Gasteiger partial charge on any atom is 0.306 e. The highest BCUT2D eigenvalue weighted by molar-refractivity contribution is 7.13. The minimum atomic E-state index is -0.182. The fourth-order valence-corrected chi connectivity index (χ4v) is 2.54. The van der Waals surface area contributed by atoms with Gasteiger partial charge in [0.05, 0.1) is 30.1 Å². The Labute approximate surface area is 121 Å². The summed E-state index contributed by atoms with van der Waals surface area (Å²) in [6.07, 6.45) is 2.88. The monoisotopic (exact) mass is 294 g/mol. The molecule has 0 amide bonds. The summed E-state index contributed by atoms with van der Waals surface area (Å²) in [4.78, 5) is 15.7. The molecule has 0 aromatic carbocycles. The first-order valence-electron chi connectivity index (χ1n) is 6.45. The first-order valence-corrected chi connectivity index (χ1v) is 7.33. The molecule has 0 saturated heterocycles. The quantitative estimate of drug-likeness (QED) is 0.829. The van der Waals surface area contributed by atoms with Crippen LogP contribution >= 0.6 is 11.3 Å². The number of thiazole rings is 1. The SMILES string of the molecule is CCOC(=O)CCc1csc(Nc2cn(C)nc2C)n1. The van der Waals surface area contributed by atoms with Crippen molar-refractivity contribution in [2.45, 2.75) is 26.7 Å². The number of ether oxygens (including phenoxy) is 1. The molecule has 108 valence electrons. The number of carbonyl (C=O) groups excluding carboxylic acids is 1. The van der Waals surface area contributed by atoms with E-state index < -0.39 is 0 Å². The van der Waals surface area contributed by atoms with E-state index in [1.165, 1.54) is 11.3 Å². The molecular formula is C13H18N4O2S. The molecule has 0 spiro atoms. The van der Waals surface area contributed by atoms with Crippen molar-refractivity contribution in [2.24, 2.45) is 7.05 Å². The fraction of sp³-hybridized carbons (Fsp3) is 0.462. The molecule has 2 aromatic heterocycles. The first-order chi connectivity index (χ1) is 9.58. The van der Waals surface area contributed by atoms with Crippen LogP contribution < -0.4 is 5.32 Å². The average Bonchev–Trinajstić information content (AvgIpc) is 2.95. The van der Waals surface area contributed by atoms with Crippen LogP contribution in [0, 0.1) is 6.92 Å². The van der Waals surface area contributed by atoms with E-state index in [0.717, 1.165) is 22.2 Å².